The molecular formula is C21H31N. The van der Waals surface area contributed by atoms with Gasteiger partial charge in [-0.1, -0.05) is 56.7 Å². The van der Waals surface area contributed by atoms with Crippen molar-refractivity contribution in [2.45, 2.75) is 46.5 Å². The molecule has 1 heteroatoms. The van der Waals surface area contributed by atoms with Crippen molar-refractivity contribution in [2.24, 2.45) is 5.92 Å². The maximum Gasteiger partial charge on any atom is -0.00186 e. The SMILES string of the molecule is CCC(C)CCN(C)CCCc1c(C)ccc2ccccc12. The van der Waals surface area contributed by atoms with Crippen molar-refractivity contribution in [1.82, 2.24) is 4.90 Å². The van der Waals surface area contributed by atoms with Gasteiger partial charge in [0.25, 0.3) is 0 Å². The highest BCUT2D eigenvalue weighted by Crippen LogP contribution is 2.23. The quantitative estimate of drug-likeness (QED) is 0.626. The molecule has 0 aliphatic carbocycles. The number of hydrogen-bond acceptors (Lipinski definition) is 1. The van der Waals surface area contributed by atoms with E-state index in [0.29, 0.717) is 0 Å². The average Bonchev–Trinajstić information content (AvgIpc) is 2.54. The molecule has 0 spiro atoms. The van der Waals surface area contributed by atoms with E-state index in [1.165, 1.54) is 60.7 Å². The first kappa shape index (κ1) is 17.0. The van der Waals surface area contributed by atoms with Crippen LogP contribution in [0.15, 0.2) is 36.4 Å². The van der Waals surface area contributed by atoms with Gasteiger partial charge in [-0.15, -0.1) is 0 Å². The van der Waals surface area contributed by atoms with Crippen molar-refractivity contribution < 1.29 is 0 Å². The van der Waals surface area contributed by atoms with Crippen LogP contribution in [0.4, 0.5) is 0 Å². The monoisotopic (exact) mass is 297 g/mol. The normalized spacial score (nSPS) is 13.0. The lowest BCUT2D eigenvalue weighted by molar-refractivity contribution is 0.300. The van der Waals surface area contributed by atoms with Gasteiger partial charge in [0.15, 0.2) is 0 Å². The molecule has 1 atom stereocenters. The Morgan fingerprint density at radius 2 is 1.82 bits per heavy atom. The summed E-state index contributed by atoms with van der Waals surface area (Å²) in [5.41, 5.74) is 2.97. The fourth-order valence-corrected chi connectivity index (χ4v) is 3.06. The summed E-state index contributed by atoms with van der Waals surface area (Å²) < 4.78 is 0. The van der Waals surface area contributed by atoms with Gasteiger partial charge in [-0.25, -0.2) is 0 Å². The molecule has 2 aromatic rings. The number of nitrogens with zero attached hydrogens (tertiary/aromatic N) is 1. The third-order valence-corrected chi connectivity index (χ3v) is 4.94. The van der Waals surface area contributed by atoms with Crippen LogP contribution in [-0.2, 0) is 6.42 Å². The molecule has 2 aromatic carbocycles. The zero-order chi connectivity index (χ0) is 15.9. The zero-order valence-corrected chi connectivity index (χ0v) is 14.7. The Morgan fingerprint density at radius 3 is 2.59 bits per heavy atom. The largest absolute Gasteiger partial charge is 0.306 e. The minimum atomic E-state index is 0.850. The Balaban J connectivity index is 1.91. The number of aryl methyl sites for hydroxylation is 2. The smallest absolute Gasteiger partial charge is 0.00186 e. The lowest BCUT2D eigenvalue weighted by atomic mass is 9.96. The first-order valence-electron chi connectivity index (χ1n) is 8.77. The summed E-state index contributed by atoms with van der Waals surface area (Å²) in [7, 11) is 2.26. The lowest BCUT2D eigenvalue weighted by Gasteiger charge is -2.19. The maximum atomic E-state index is 2.49. The number of rotatable bonds is 8. The topological polar surface area (TPSA) is 3.24 Å². The highest BCUT2D eigenvalue weighted by Gasteiger charge is 2.06. The second kappa shape index (κ2) is 8.33. The lowest BCUT2D eigenvalue weighted by Crippen LogP contribution is -2.22. The summed E-state index contributed by atoms with van der Waals surface area (Å²) >= 11 is 0. The fourth-order valence-electron chi connectivity index (χ4n) is 3.06. The number of benzene rings is 2. The maximum absolute atomic E-state index is 2.49. The van der Waals surface area contributed by atoms with Gasteiger partial charge in [0.05, 0.1) is 0 Å². The number of fused-ring (bicyclic) bond motifs is 1. The van der Waals surface area contributed by atoms with Gasteiger partial charge < -0.3 is 4.90 Å². The van der Waals surface area contributed by atoms with E-state index in [9.17, 15) is 0 Å². The van der Waals surface area contributed by atoms with Gasteiger partial charge in [0, 0.05) is 0 Å². The van der Waals surface area contributed by atoms with Crippen LogP contribution < -0.4 is 0 Å². The molecule has 0 aliphatic rings. The van der Waals surface area contributed by atoms with Gasteiger partial charge in [-0.3, -0.25) is 0 Å². The molecule has 0 amide bonds. The molecule has 1 nitrogen and oxygen atoms in total. The zero-order valence-electron chi connectivity index (χ0n) is 14.7. The average molecular weight is 297 g/mol. The first-order chi connectivity index (χ1) is 10.6. The highest BCUT2D eigenvalue weighted by atomic mass is 15.1. The van der Waals surface area contributed by atoms with Gasteiger partial charge in [0.2, 0.25) is 0 Å². The molecule has 0 N–H and O–H groups in total. The van der Waals surface area contributed by atoms with Crippen molar-refractivity contribution in [2.75, 3.05) is 20.1 Å². The number of hydrogen-bond donors (Lipinski definition) is 0. The molecule has 0 heterocycles. The molecule has 22 heavy (non-hydrogen) atoms. The molecule has 0 saturated heterocycles. The van der Waals surface area contributed by atoms with Crippen LogP contribution in [0.5, 0.6) is 0 Å². The van der Waals surface area contributed by atoms with Crippen molar-refractivity contribution in [1.29, 1.82) is 0 Å². The molecule has 2 rings (SSSR count). The molecular weight excluding hydrogens is 266 g/mol. The van der Waals surface area contributed by atoms with E-state index in [4.69, 9.17) is 0 Å². The summed E-state index contributed by atoms with van der Waals surface area (Å²) in [5.74, 6) is 0.850. The van der Waals surface area contributed by atoms with Gasteiger partial charge in [0.1, 0.15) is 0 Å². The molecule has 0 aliphatic heterocycles. The van der Waals surface area contributed by atoms with Crippen molar-refractivity contribution in [3.8, 4) is 0 Å². The Bertz CT molecular complexity index is 587. The van der Waals surface area contributed by atoms with E-state index >= 15 is 0 Å². The van der Waals surface area contributed by atoms with E-state index in [-0.39, 0.29) is 0 Å². The van der Waals surface area contributed by atoms with Crippen molar-refractivity contribution in [3.05, 3.63) is 47.5 Å². The first-order valence-corrected chi connectivity index (χ1v) is 8.77. The minimum Gasteiger partial charge on any atom is -0.306 e. The van der Waals surface area contributed by atoms with Crippen LogP contribution in [-0.4, -0.2) is 25.0 Å². The van der Waals surface area contributed by atoms with Crippen LogP contribution in [0.25, 0.3) is 10.8 Å². The summed E-state index contributed by atoms with van der Waals surface area (Å²) in [4.78, 5) is 2.49. The third-order valence-electron chi connectivity index (χ3n) is 4.94. The summed E-state index contributed by atoms with van der Waals surface area (Å²) in [6.07, 6.45) is 5.04. The third kappa shape index (κ3) is 4.58. The fraction of sp³-hybridized carbons (Fsp3) is 0.524. The molecule has 1 unspecified atom stereocenters. The van der Waals surface area contributed by atoms with Crippen LogP contribution >= 0.6 is 0 Å². The Hall–Kier alpha value is -1.34. The predicted molar refractivity (Wildman–Crippen MR) is 98.6 cm³/mol. The standard InChI is InChI=1S/C21H31N/c1-5-17(2)14-16-22(4)15-8-11-20-18(3)12-13-19-9-6-7-10-21(19)20/h6-7,9-10,12-13,17H,5,8,11,14-16H2,1-4H3. The summed E-state index contributed by atoms with van der Waals surface area (Å²) in [6.45, 7) is 9.30. The van der Waals surface area contributed by atoms with Gasteiger partial charge in [-0.2, -0.15) is 0 Å². The van der Waals surface area contributed by atoms with Crippen LogP contribution in [0, 0.1) is 12.8 Å². The van der Waals surface area contributed by atoms with E-state index in [2.05, 4.69) is 69.1 Å². The van der Waals surface area contributed by atoms with Gasteiger partial charge >= 0.3 is 0 Å². The van der Waals surface area contributed by atoms with E-state index in [1.807, 2.05) is 0 Å². The Morgan fingerprint density at radius 1 is 1.05 bits per heavy atom. The van der Waals surface area contributed by atoms with Crippen LogP contribution in [0.3, 0.4) is 0 Å². The second-order valence-electron chi connectivity index (χ2n) is 6.79. The van der Waals surface area contributed by atoms with Crippen LogP contribution in [0.1, 0.15) is 44.2 Å². The predicted octanol–water partition coefficient (Wildman–Crippen LogP) is 5.45. The molecule has 0 aromatic heterocycles. The summed E-state index contributed by atoms with van der Waals surface area (Å²) in [5, 5.41) is 2.80. The van der Waals surface area contributed by atoms with Crippen LogP contribution in [0.2, 0.25) is 0 Å². The van der Waals surface area contributed by atoms with Crippen molar-refractivity contribution >= 4 is 10.8 Å². The molecule has 0 saturated carbocycles. The Kier molecular flexibility index (Phi) is 6.45. The van der Waals surface area contributed by atoms with Crippen molar-refractivity contribution in [3.63, 3.8) is 0 Å². The Labute approximate surface area is 136 Å². The summed E-state index contributed by atoms with van der Waals surface area (Å²) in [6, 6.07) is 13.3. The second-order valence-corrected chi connectivity index (χ2v) is 6.79. The molecule has 0 radical (unpaired) electrons. The van der Waals surface area contributed by atoms with E-state index in [0.717, 1.165) is 5.92 Å². The molecule has 0 fully saturated rings. The minimum absolute atomic E-state index is 0.850. The highest BCUT2D eigenvalue weighted by molar-refractivity contribution is 5.86. The van der Waals surface area contributed by atoms with Gasteiger partial charge in [-0.05, 0) is 74.1 Å². The van der Waals surface area contributed by atoms with E-state index in [1.54, 1.807) is 0 Å². The molecule has 0 bridgehead atoms. The van der Waals surface area contributed by atoms with E-state index < -0.39 is 0 Å². The molecule has 120 valence electrons.